The molecule has 0 spiro atoms. The van der Waals surface area contributed by atoms with Gasteiger partial charge < -0.3 is 14.7 Å². The molecule has 3 aliphatic rings. The number of hydrogen-bond donors (Lipinski definition) is 0. The van der Waals surface area contributed by atoms with E-state index in [1.165, 1.54) is 10.5 Å². The van der Waals surface area contributed by atoms with E-state index in [0.29, 0.717) is 6.54 Å². The van der Waals surface area contributed by atoms with Crippen molar-refractivity contribution >= 4 is 23.6 Å². The van der Waals surface area contributed by atoms with Crippen molar-refractivity contribution < 1.29 is 9.59 Å². The lowest BCUT2D eigenvalue weighted by Crippen LogP contribution is -2.64. The summed E-state index contributed by atoms with van der Waals surface area (Å²) in [4.78, 5) is 38.2. The summed E-state index contributed by atoms with van der Waals surface area (Å²) in [5.74, 6) is 0.602. The second-order valence-corrected chi connectivity index (χ2v) is 7.77. The summed E-state index contributed by atoms with van der Waals surface area (Å²) < 4.78 is 0. The standard InChI is InChI=1S/C22H23N5O2/c1-15-8-10-17(11-9-15)25-12-13-26-18-19(23-21(25)26)24(2)22(29)27(20(18)28)14-16-6-4-3-5-7-16/h3-11,18-19H,12-14H2,1-2H3. The van der Waals surface area contributed by atoms with E-state index < -0.39 is 12.2 Å². The minimum absolute atomic E-state index is 0.175. The summed E-state index contributed by atoms with van der Waals surface area (Å²) in [6, 6.07) is 17.1. The number of benzene rings is 2. The van der Waals surface area contributed by atoms with Crippen LogP contribution in [0.1, 0.15) is 11.1 Å². The molecule has 0 aliphatic carbocycles. The van der Waals surface area contributed by atoms with E-state index in [9.17, 15) is 9.59 Å². The molecule has 2 saturated heterocycles. The molecule has 0 radical (unpaired) electrons. The van der Waals surface area contributed by atoms with Crippen LogP contribution in [0.2, 0.25) is 0 Å². The van der Waals surface area contributed by atoms with Gasteiger partial charge in [-0.25, -0.2) is 9.79 Å². The highest BCUT2D eigenvalue weighted by atomic mass is 16.2. The first-order valence-electron chi connectivity index (χ1n) is 9.85. The molecule has 2 aromatic carbocycles. The van der Waals surface area contributed by atoms with E-state index in [-0.39, 0.29) is 18.5 Å². The molecule has 3 heterocycles. The highest BCUT2D eigenvalue weighted by Gasteiger charge is 2.54. The molecule has 3 amide bonds. The van der Waals surface area contributed by atoms with Gasteiger partial charge in [0, 0.05) is 25.8 Å². The zero-order valence-electron chi connectivity index (χ0n) is 16.5. The summed E-state index contributed by atoms with van der Waals surface area (Å²) in [6.45, 7) is 3.81. The summed E-state index contributed by atoms with van der Waals surface area (Å²) in [5, 5.41) is 0. The Labute approximate surface area is 169 Å². The summed E-state index contributed by atoms with van der Waals surface area (Å²) in [6.07, 6.45) is -0.481. The van der Waals surface area contributed by atoms with Crippen LogP contribution in [0.4, 0.5) is 10.5 Å². The minimum Gasteiger partial charge on any atom is -0.325 e. The fraction of sp³-hybridized carbons (Fsp3) is 0.318. The lowest BCUT2D eigenvalue weighted by atomic mass is 10.1. The molecule has 2 aromatic rings. The zero-order valence-corrected chi connectivity index (χ0v) is 16.5. The molecule has 7 heteroatoms. The smallest absolute Gasteiger partial charge is 0.325 e. The Kier molecular flexibility index (Phi) is 4.04. The monoisotopic (exact) mass is 389 g/mol. The molecule has 5 rings (SSSR count). The second kappa shape index (κ2) is 6.62. The van der Waals surface area contributed by atoms with Gasteiger partial charge >= 0.3 is 6.03 Å². The van der Waals surface area contributed by atoms with Crippen molar-refractivity contribution in [1.82, 2.24) is 14.7 Å². The average molecular weight is 389 g/mol. The van der Waals surface area contributed by atoms with Gasteiger partial charge in [-0.15, -0.1) is 0 Å². The van der Waals surface area contributed by atoms with E-state index in [0.717, 1.165) is 23.8 Å². The number of fused-ring (bicyclic) bond motifs is 3. The quantitative estimate of drug-likeness (QED) is 0.808. The Morgan fingerprint density at radius 2 is 1.72 bits per heavy atom. The van der Waals surface area contributed by atoms with Crippen LogP contribution in [0.15, 0.2) is 59.6 Å². The van der Waals surface area contributed by atoms with Gasteiger partial charge in [0.15, 0.2) is 12.2 Å². The number of guanidine groups is 1. The molecule has 0 saturated carbocycles. The molecule has 2 atom stereocenters. The summed E-state index contributed by atoms with van der Waals surface area (Å²) >= 11 is 0. The van der Waals surface area contributed by atoms with Crippen LogP contribution in [0.25, 0.3) is 0 Å². The molecular formula is C22H23N5O2. The van der Waals surface area contributed by atoms with Crippen molar-refractivity contribution in [3.05, 3.63) is 65.7 Å². The topological polar surface area (TPSA) is 59.5 Å². The molecule has 3 aliphatic heterocycles. The fourth-order valence-corrected chi connectivity index (χ4v) is 4.32. The van der Waals surface area contributed by atoms with Gasteiger partial charge in [-0.1, -0.05) is 48.0 Å². The van der Waals surface area contributed by atoms with Gasteiger partial charge in [-0.2, -0.15) is 0 Å². The third kappa shape index (κ3) is 2.76. The first-order valence-corrected chi connectivity index (χ1v) is 9.85. The van der Waals surface area contributed by atoms with Crippen molar-refractivity contribution in [3.63, 3.8) is 0 Å². The normalized spacial score (nSPS) is 23.4. The van der Waals surface area contributed by atoms with Crippen LogP contribution >= 0.6 is 0 Å². The Hall–Kier alpha value is -3.35. The van der Waals surface area contributed by atoms with Crippen molar-refractivity contribution in [1.29, 1.82) is 0 Å². The maximum absolute atomic E-state index is 13.3. The molecule has 0 aromatic heterocycles. The number of hydrogen-bond acceptors (Lipinski definition) is 5. The SMILES string of the molecule is Cc1ccc(N2CCN3C2=NC2C3C(=O)N(Cc3ccccc3)C(=O)N2C)cc1. The number of imide groups is 1. The van der Waals surface area contributed by atoms with Crippen LogP contribution in [-0.2, 0) is 11.3 Å². The Morgan fingerprint density at radius 3 is 2.45 bits per heavy atom. The number of amides is 3. The first-order chi connectivity index (χ1) is 14.0. The van der Waals surface area contributed by atoms with Gasteiger partial charge in [0.1, 0.15) is 0 Å². The van der Waals surface area contributed by atoms with Gasteiger partial charge in [0.25, 0.3) is 5.91 Å². The largest absolute Gasteiger partial charge is 0.328 e. The van der Waals surface area contributed by atoms with E-state index in [2.05, 4.69) is 36.1 Å². The number of carbonyl (C=O) groups is 2. The molecule has 2 fully saturated rings. The van der Waals surface area contributed by atoms with Gasteiger partial charge in [-0.05, 0) is 24.6 Å². The van der Waals surface area contributed by atoms with Crippen molar-refractivity contribution in [3.8, 4) is 0 Å². The maximum atomic E-state index is 13.3. The number of anilines is 1. The highest BCUT2D eigenvalue weighted by Crippen LogP contribution is 2.33. The third-order valence-electron chi connectivity index (χ3n) is 5.91. The Balaban J connectivity index is 1.44. The molecule has 0 N–H and O–H groups in total. The van der Waals surface area contributed by atoms with E-state index >= 15 is 0 Å². The summed E-state index contributed by atoms with van der Waals surface area (Å²) in [7, 11) is 1.73. The van der Waals surface area contributed by atoms with E-state index in [1.54, 1.807) is 11.9 Å². The summed E-state index contributed by atoms with van der Waals surface area (Å²) in [5.41, 5.74) is 3.19. The molecule has 2 unspecified atom stereocenters. The van der Waals surface area contributed by atoms with Gasteiger partial charge in [0.05, 0.1) is 6.54 Å². The predicted octanol–water partition coefficient (Wildman–Crippen LogP) is 2.28. The number of aryl methyl sites for hydroxylation is 1. The van der Waals surface area contributed by atoms with Crippen molar-refractivity contribution in [2.75, 3.05) is 25.0 Å². The molecule has 0 bridgehead atoms. The van der Waals surface area contributed by atoms with Crippen LogP contribution in [-0.4, -0.2) is 64.9 Å². The van der Waals surface area contributed by atoms with Crippen LogP contribution in [0.5, 0.6) is 0 Å². The van der Waals surface area contributed by atoms with Gasteiger partial charge in [0.2, 0.25) is 5.96 Å². The Bertz CT molecular complexity index is 988. The van der Waals surface area contributed by atoms with Crippen LogP contribution < -0.4 is 4.90 Å². The average Bonchev–Trinajstić information content (AvgIpc) is 3.30. The zero-order chi connectivity index (χ0) is 20.1. The third-order valence-corrected chi connectivity index (χ3v) is 5.91. The number of nitrogens with zero attached hydrogens (tertiary/aromatic N) is 5. The van der Waals surface area contributed by atoms with Gasteiger partial charge in [-0.3, -0.25) is 9.69 Å². The lowest BCUT2D eigenvalue weighted by molar-refractivity contribution is -0.137. The highest BCUT2D eigenvalue weighted by molar-refractivity contribution is 6.07. The van der Waals surface area contributed by atoms with Crippen molar-refractivity contribution in [2.45, 2.75) is 25.7 Å². The molecule has 7 nitrogen and oxygen atoms in total. The lowest BCUT2D eigenvalue weighted by Gasteiger charge is -2.40. The number of carbonyl (C=O) groups excluding carboxylic acids is 2. The van der Waals surface area contributed by atoms with E-state index in [1.807, 2.05) is 35.2 Å². The molecule has 29 heavy (non-hydrogen) atoms. The Morgan fingerprint density at radius 1 is 1.00 bits per heavy atom. The predicted molar refractivity (Wildman–Crippen MR) is 110 cm³/mol. The molecule has 148 valence electrons. The number of likely N-dealkylation sites (N-methyl/N-ethyl adjacent to an activating group) is 1. The van der Waals surface area contributed by atoms with Crippen LogP contribution in [0, 0.1) is 6.92 Å². The maximum Gasteiger partial charge on any atom is 0.328 e. The van der Waals surface area contributed by atoms with Crippen molar-refractivity contribution in [2.24, 2.45) is 4.99 Å². The molecular weight excluding hydrogens is 366 g/mol. The number of urea groups is 1. The number of rotatable bonds is 3. The van der Waals surface area contributed by atoms with Crippen LogP contribution in [0.3, 0.4) is 0 Å². The second-order valence-electron chi connectivity index (χ2n) is 7.77. The minimum atomic E-state index is -0.481. The fourth-order valence-electron chi connectivity index (χ4n) is 4.32. The number of aliphatic imine (C=N–C) groups is 1. The first kappa shape index (κ1) is 17.7. The van der Waals surface area contributed by atoms with E-state index in [4.69, 9.17) is 4.99 Å².